The number of aromatic carboxylic acids is 1. The van der Waals surface area contributed by atoms with Crippen molar-refractivity contribution in [3.63, 3.8) is 0 Å². The molecular formula is C20H25N3O7. The number of guanidine groups is 1. The second kappa shape index (κ2) is 8.44. The normalized spacial score (nSPS) is 11.5. The Morgan fingerprint density at radius 3 is 1.93 bits per heavy atom. The lowest BCUT2D eigenvalue weighted by Crippen LogP contribution is -2.47. The molecule has 2 rings (SSSR count). The summed E-state index contributed by atoms with van der Waals surface area (Å²) in [6.45, 7) is 10.1. The molecule has 0 aliphatic heterocycles. The number of ether oxygens (including phenoxy) is 2. The minimum atomic E-state index is -1.13. The standard InChI is InChI=1S/C20H25N3O7/c1-19(2,3)29-17(26)22-16(23-18(27)30-20(4,5)6)21-13-8-7-12(15(24)25)11-9-10-28-14(11)13/h7-10H,1-6H3,(H,24,25)(H2,21,22,23,26,27). The number of fused-ring (bicyclic) bond motifs is 1. The Kier molecular flexibility index (Phi) is 6.39. The Morgan fingerprint density at radius 1 is 0.933 bits per heavy atom. The smallest absolute Gasteiger partial charge is 0.414 e. The van der Waals surface area contributed by atoms with Crippen LogP contribution in [0.2, 0.25) is 0 Å². The van der Waals surface area contributed by atoms with E-state index in [0.717, 1.165) is 0 Å². The molecule has 0 aliphatic rings. The van der Waals surface area contributed by atoms with Crippen molar-refractivity contribution < 1.29 is 33.4 Å². The van der Waals surface area contributed by atoms with Gasteiger partial charge in [0.05, 0.1) is 11.8 Å². The van der Waals surface area contributed by atoms with E-state index in [0.29, 0.717) is 5.39 Å². The maximum atomic E-state index is 12.2. The third kappa shape index (κ3) is 6.50. The summed E-state index contributed by atoms with van der Waals surface area (Å²) in [6, 6.07) is 4.22. The van der Waals surface area contributed by atoms with Gasteiger partial charge in [-0.05, 0) is 59.7 Å². The van der Waals surface area contributed by atoms with E-state index in [1.54, 1.807) is 41.5 Å². The second-order valence-electron chi connectivity index (χ2n) is 8.31. The molecule has 3 N–H and O–H groups in total. The summed E-state index contributed by atoms with van der Waals surface area (Å²) in [5.74, 6) is -1.41. The fourth-order valence-corrected chi connectivity index (χ4v) is 2.33. The maximum Gasteiger partial charge on any atom is 0.414 e. The molecule has 1 heterocycles. The van der Waals surface area contributed by atoms with E-state index in [4.69, 9.17) is 13.9 Å². The van der Waals surface area contributed by atoms with Crippen molar-refractivity contribution in [2.75, 3.05) is 0 Å². The highest BCUT2D eigenvalue weighted by molar-refractivity contribution is 6.07. The highest BCUT2D eigenvalue weighted by Crippen LogP contribution is 2.30. The lowest BCUT2D eigenvalue weighted by Gasteiger charge is -2.22. The molecule has 0 aliphatic carbocycles. The Morgan fingerprint density at radius 2 is 1.47 bits per heavy atom. The average Bonchev–Trinajstić information content (AvgIpc) is 3.00. The molecule has 0 atom stereocenters. The molecule has 0 saturated carbocycles. The van der Waals surface area contributed by atoms with Crippen LogP contribution in [0.5, 0.6) is 0 Å². The van der Waals surface area contributed by atoms with Gasteiger partial charge in [0.25, 0.3) is 0 Å². The van der Waals surface area contributed by atoms with E-state index < -0.39 is 29.4 Å². The number of carbonyl (C=O) groups is 3. The second-order valence-corrected chi connectivity index (χ2v) is 8.31. The molecule has 10 nitrogen and oxygen atoms in total. The molecule has 162 valence electrons. The van der Waals surface area contributed by atoms with Gasteiger partial charge in [0.15, 0.2) is 5.58 Å². The molecule has 0 fully saturated rings. The van der Waals surface area contributed by atoms with Crippen molar-refractivity contribution in [1.29, 1.82) is 0 Å². The summed E-state index contributed by atoms with van der Waals surface area (Å²) in [4.78, 5) is 39.9. The summed E-state index contributed by atoms with van der Waals surface area (Å²) >= 11 is 0. The fourth-order valence-electron chi connectivity index (χ4n) is 2.33. The number of hydrogen-bond donors (Lipinski definition) is 3. The zero-order valence-electron chi connectivity index (χ0n) is 17.7. The first-order valence-electron chi connectivity index (χ1n) is 9.07. The molecule has 2 aromatic rings. The minimum Gasteiger partial charge on any atom is -0.478 e. The van der Waals surface area contributed by atoms with Crippen LogP contribution in [-0.2, 0) is 9.47 Å². The summed E-state index contributed by atoms with van der Waals surface area (Å²) in [5.41, 5.74) is -1.18. The number of nitrogens with one attached hydrogen (secondary N) is 2. The van der Waals surface area contributed by atoms with Crippen molar-refractivity contribution in [3.05, 3.63) is 30.0 Å². The number of carbonyl (C=O) groups excluding carboxylic acids is 2. The van der Waals surface area contributed by atoms with Gasteiger partial charge in [0.1, 0.15) is 16.9 Å². The van der Waals surface area contributed by atoms with Crippen LogP contribution in [-0.4, -0.2) is 40.4 Å². The number of carboxylic acids is 1. The van der Waals surface area contributed by atoms with Gasteiger partial charge in [0.2, 0.25) is 5.96 Å². The minimum absolute atomic E-state index is 0.0273. The van der Waals surface area contributed by atoms with Crippen LogP contribution in [0.15, 0.2) is 33.9 Å². The van der Waals surface area contributed by atoms with Gasteiger partial charge < -0.3 is 19.0 Å². The third-order valence-electron chi connectivity index (χ3n) is 3.30. The Hall–Kier alpha value is -3.56. The Balaban J connectivity index is 2.41. The first-order chi connectivity index (χ1) is 13.7. The van der Waals surface area contributed by atoms with Crippen molar-refractivity contribution >= 4 is 40.8 Å². The van der Waals surface area contributed by atoms with Crippen molar-refractivity contribution in [2.24, 2.45) is 4.99 Å². The number of hydrogen-bond acceptors (Lipinski definition) is 7. The number of nitrogens with zero attached hydrogens (tertiary/aromatic N) is 1. The zero-order chi connectivity index (χ0) is 22.7. The first kappa shape index (κ1) is 22.7. The van der Waals surface area contributed by atoms with Crippen LogP contribution in [0.1, 0.15) is 51.9 Å². The van der Waals surface area contributed by atoms with E-state index >= 15 is 0 Å². The van der Waals surface area contributed by atoms with Gasteiger partial charge in [-0.1, -0.05) is 0 Å². The monoisotopic (exact) mass is 419 g/mol. The summed E-state index contributed by atoms with van der Waals surface area (Å²) < 4.78 is 15.7. The molecule has 0 bridgehead atoms. The topological polar surface area (TPSA) is 139 Å². The van der Waals surface area contributed by atoms with E-state index in [1.807, 2.05) is 0 Å². The SMILES string of the molecule is CC(C)(C)OC(=O)NC(=Nc1ccc(C(=O)O)c2ccoc12)NC(=O)OC(C)(C)C. The molecule has 0 spiro atoms. The fraction of sp³-hybridized carbons (Fsp3) is 0.400. The van der Waals surface area contributed by atoms with Gasteiger partial charge in [-0.25, -0.2) is 19.4 Å². The van der Waals surface area contributed by atoms with Gasteiger partial charge in [-0.15, -0.1) is 0 Å². The maximum absolute atomic E-state index is 12.2. The summed E-state index contributed by atoms with van der Waals surface area (Å²) in [7, 11) is 0. The predicted octanol–water partition coefficient (Wildman–Crippen LogP) is 4.17. The molecule has 2 amide bonds. The van der Waals surface area contributed by atoms with Crippen LogP contribution in [0.4, 0.5) is 15.3 Å². The Labute approximate surface area is 173 Å². The average molecular weight is 419 g/mol. The van der Waals surface area contributed by atoms with Gasteiger partial charge in [-0.3, -0.25) is 10.6 Å². The van der Waals surface area contributed by atoms with Crippen LogP contribution in [0, 0.1) is 0 Å². The molecule has 30 heavy (non-hydrogen) atoms. The molecule has 0 radical (unpaired) electrons. The molecule has 0 unspecified atom stereocenters. The lowest BCUT2D eigenvalue weighted by molar-refractivity contribution is 0.0543. The number of alkyl carbamates (subject to hydrolysis) is 2. The highest BCUT2D eigenvalue weighted by Gasteiger charge is 2.22. The van der Waals surface area contributed by atoms with Gasteiger partial charge in [0, 0.05) is 5.39 Å². The number of amides is 2. The number of benzene rings is 1. The highest BCUT2D eigenvalue weighted by atomic mass is 16.6. The van der Waals surface area contributed by atoms with E-state index in [-0.39, 0.29) is 22.8 Å². The number of carboxylic acid groups (broad SMARTS) is 1. The molecule has 10 heteroatoms. The lowest BCUT2D eigenvalue weighted by atomic mass is 10.1. The van der Waals surface area contributed by atoms with Crippen LogP contribution < -0.4 is 10.6 Å². The van der Waals surface area contributed by atoms with E-state index in [1.165, 1.54) is 24.5 Å². The summed E-state index contributed by atoms with van der Waals surface area (Å²) in [5, 5.41) is 14.3. The predicted molar refractivity (Wildman–Crippen MR) is 109 cm³/mol. The molecule has 1 aromatic heterocycles. The van der Waals surface area contributed by atoms with E-state index in [2.05, 4.69) is 15.6 Å². The van der Waals surface area contributed by atoms with Crippen molar-refractivity contribution in [2.45, 2.75) is 52.7 Å². The van der Waals surface area contributed by atoms with Crippen LogP contribution in [0.3, 0.4) is 0 Å². The summed E-state index contributed by atoms with van der Waals surface area (Å²) in [6.07, 6.45) is -0.386. The number of aliphatic imine (C=N–C) groups is 1. The quantitative estimate of drug-likeness (QED) is 0.490. The Bertz CT molecular complexity index is 962. The first-order valence-corrected chi connectivity index (χ1v) is 9.07. The van der Waals surface area contributed by atoms with Crippen molar-refractivity contribution in [3.8, 4) is 0 Å². The molecule has 1 aromatic carbocycles. The molecule has 0 saturated heterocycles. The van der Waals surface area contributed by atoms with Crippen LogP contribution >= 0.6 is 0 Å². The van der Waals surface area contributed by atoms with Gasteiger partial charge >= 0.3 is 18.2 Å². The number of furan rings is 1. The molecular weight excluding hydrogens is 394 g/mol. The van der Waals surface area contributed by atoms with E-state index in [9.17, 15) is 19.5 Å². The van der Waals surface area contributed by atoms with Gasteiger partial charge in [-0.2, -0.15) is 0 Å². The van der Waals surface area contributed by atoms with Crippen molar-refractivity contribution in [1.82, 2.24) is 10.6 Å². The van der Waals surface area contributed by atoms with Crippen LogP contribution in [0.25, 0.3) is 11.0 Å². The largest absolute Gasteiger partial charge is 0.478 e. The zero-order valence-corrected chi connectivity index (χ0v) is 17.7. The third-order valence-corrected chi connectivity index (χ3v) is 3.30. The number of rotatable bonds is 2.